The second-order valence-corrected chi connectivity index (χ2v) is 16.3. The van der Waals surface area contributed by atoms with Gasteiger partial charge in [0.1, 0.15) is 11.1 Å². The molecular formula is C34H39N4O2SSi. The molecule has 2 heterocycles. The number of nitrogens with zero attached hydrogens (tertiary/aromatic N) is 4. The van der Waals surface area contributed by atoms with E-state index in [0.29, 0.717) is 11.4 Å². The number of amides is 1. The van der Waals surface area contributed by atoms with Gasteiger partial charge in [0, 0.05) is 5.54 Å². The first-order chi connectivity index (χ1) is 20.0. The highest BCUT2D eigenvalue weighted by atomic mass is 32.2. The van der Waals surface area contributed by atoms with Crippen LogP contribution in [0.4, 0.5) is 0 Å². The first-order valence-electron chi connectivity index (χ1n) is 14.3. The number of aromatic nitrogens is 3. The van der Waals surface area contributed by atoms with Gasteiger partial charge in [-0.3, -0.25) is 4.79 Å². The minimum atomic E-state index is -1.48. The molecule has 6 nitrogen and oxygen atoms in total. The summed E-state index contributed by atoms with van der Waals surface area (Å²) in [5.41, 5.74) is 4.24. The number of β-lactam (4-membered cyclic amide) rings is 1. The van der Waals surface area contributed by atoms with Gasteiger partial charge in [-0.25, -0.2) is 4.98 Å². The van der Waals surface area contributed by atoms with Crippen molar-refractivity contribution in [2.24, 2.45) is 0 Å². The molecule has 3 aromatic carbocycles. The second kappa shape index (κ2) is 11.4. The lowest BCUT2D eigenvalue weighted by molar-refractivity contribution is -0.164. The molecule has 1 aromatic heterocycles. The fourth-order valence-electron chi connectivity index (χ4n) is 6.02. The third-order valence-corrected chi connectivity index (χ3v) is 12.9. The number of benzene rings is 3. The van der Waals surface area contributed by atoms with Gasteiger partial charge in [0.15, 0.2) is 5.82 Å². The number of aliphatic hydroxyl groups excluding tert-OH is 1. The molecule has 1 saturated heterocycles. The highest BCUT2D eigenvalue weighted by Crippen LogP contribution is 2.66. The predicted molar refractivity (Wildman–Crippen MR) is 172 cm³/mol. The zero-order chi connectivity index (χ0) is 30.3. The first kappa shape index (κ1) is 30.1. The summed E-state index contributed by atoms with van der Waals surface area (Å²) in [6, 6.07) is 31.4. The Morgan fingerprint density at radius 3 is 1.64 bits per heavy atom. The van der Waals surface area contributed by atoms with Crippen molar-refractivity contribution in [1.29, 1.82) is 0 Å². The molecule has 1 amide bonds. The average Bonchev–Trinajstić information content (AvgIpc) is 2.97. The van der Waals surface area contributed by atoms with Crippen LogP contribution in [-0.2, 0) is 9.54 Å². The number of aryl methyl sites for hydroxylation is 2. The Balaban J connectivity index is 1.79. The van der Waals surface area contributed by atoms with E-state index in [-0.39, 0.29) is 17.1 Å². The Kier molecular flexibility index (Phi) is 8.18. The summed E-state index contributed by atoms with van der Waals surface area (Å²) in [6.07, 6.45) is -1.20. The Labute approximate surface area is 255 Å². The normalized spacial score (nSPS) is 20.0. The molecule has 0 saturated carbocycles. The van der Waals surface area contributed by atoms with Crippen LogP contribution in [0.3, 0.4) is 0 Å². The van der Waals surface area contributed by atoms with Crippen LogP contribution in [0, 0.1) is 13.8 Å². The number of thioether (sulfide) groups is 1. The van der Waals surface area contributed by atoms with Gasteiger partial charge in [0.25, 0.3) is 0 Å². The molecule has 1 radical (unpaired) electrons. The number of hydrogen-bond donors (Lipinski definition) is 1. The third kappa shape index (κ3) is 4.79. The smallest absolute Gasteiger partial charge is 0.233 e. The lowest BCUT2D eigenvalue weighted by Crippen LogP contribution is -2.74. The summed E-state index contributed by atoms with van der Waals surface area (Å²) in [6.45, 7) is 14.1. The number of carbonyl (C=O) groups is 1. The van der Waals surface area contributed by atoms with E-state index in [2.05, 4.69) is 122 Å². The second-order valence-electron chi connectivity index (χ2n) is 12.2. The Bertz CT molecular complexity index is 1450. The molecule has 42 heavy (non-hydrogen) atoms. The molecule has 1 fully saturated rings. The van der Waals surface area contributed by atoms with Crippen molar-refractivity contribution in [2.75, 3.05) is 0 Å². The third-order valence-electron chi connectivity index (χ3n) is 8.36. The van der Waals surface area contributed by atoms with Crippen molar-refractivity contribution in [2.45, 2.75) is 74.5 Å². The molecule has 4 aromatic rings. The fraction of sp³-hybridized carbons (Fsp3) is 0.353. The van der Waals surface area contributed by atoms with E-state index in [1.165, 1.54) is 0 Å². The van der Waals surface area contributed by atoms with Crippen molar-refractivity contribution < 1.29 is 9.90 Å². The van der Waals surface area contributed by atoms with E-state index in [1.54, 1.807) is 11.8 Å². The fourth-order valence-corrected chi connectivity index (χ4v) is 10.8. The number of rotatable bonds is 8. The number of likely N-dealkylation sites (tertiary alicyclic amines) is 1. The maximum Gasteiger partial charge on any atom is 0.233 e. The van der Waals surface area contributed by atoms with Crippen LogP contribution in [-0.4, -0.2) is 50.8 Å². The first-order valence-corrected chi connectivity index (χ1v) is 17.7. The van der Waals surface area contributed by atoms with E-state index in [4.69, 9.17) is 0 Å². The van der Waals surface area contributed by atoms with Gasteiger partial charge in [0.2, 0.25) is 5.91 Å². The van der Waals surface area contributed by atoms with Crippen LogP contribution in [0.2, 0.25) is 18.1 Å². The Morgan fingerprint density at radius 2 is 1.26 bits per heavy atom. The quantitative estimate of drug-likeness (QED) is 0.139. The Morgan fingerprint density at radius 1 is 0.810 bits per heavy atom. The van der Waals surface area contributed by atoms with Crippen LogP contribution in [0.1, 0.15) is 60.8 Å². The lowest BCUT2D eigenvalue weighted by atomic mass is 9.83. The molecule has 1 aliphatic rings. The van der Waals surface area contributed by atoms with Gasteiger partial charge >= 0.3 is 0 Å². The zero-order valence-electron chi connectivity index (χ0n) is 25.4. The maximum atomic E-state index is 14.5. The molecule has 0 bridgehead atoms. The summed E-state index contributed by atoms with van der Waals surface area (Å²) in [5, 5.41) is 19.3. The topological polar surface area (TPSA) is 79.2 Å². The minimum Gasteiger partial charge on any atom is -0.384 e. The SMILES string of the molecule is Cc1nnc(C(O)C2([Si](C)C)C(=O)N(C(C)(C)C)C2SC(c2ccccc2)(c2ccccc2)c2ccccc2)nc1C. The van der Waals surface area contributed by atoms with Crippen molar-refractivity contribution >= 4 is 26.5 Å². The summed E-state index contributed by atoms with van der Waals surface area (Å²) in [4.78, 5) is 21.2. The lowest BCUT2D eigenvalue weighted by Gasteiger charge is -2.64. The van der Waals surface area contributed by atoms with E-state index in [1.807, 2.05) is 36.9 Å². The highest BCUT2D eigenvalue weighted by Gasteiger charge is 2.71. The average molecular weight is 596 g/mol. The molecule has 0 spiro atoms. The Hall–Kier alpha value is -3.33. The van der Waals surface area contributed by atoms with E-state index in [0.717, 1.165) is 16.7 Å². The van der Waals surface area contributed by atoms with Crippen LogP contribution in [0.5, 0.6) is 0 Å². The molecule has 8 heteroatoms. The molecule has 5 rings (SSSR count). The van der Waals surface area contributed by atoms with Gasteiger partial charge in [-0.1, -0.05) is 104 Å². The van der Waals surface area contributed by atoms with Gasteiger partial charge in [-0.2, -0.15) is 5.10 Å². The van der Waals surface area contributed by atoms with Crippen LogP contribution in [0.15, 0.2) is 91.0 Å². The number of aliphatic hydroxyl groups is 1. The highest BCUT2D eigenvalue weighted by molar-refractivity contribution is 8.01. The van der Waals surface area contributed by atoms with Crippen LogP contribution in [0.25, 0.3) is 0 Å². The van der Waals surface area contributed by atoms with Crippen molar-refractivity contribution in [3.63, 3.8) is 0 Å². The van der Waals surface area contributed by atoms with E-state index >= 15 is 0 Å². The maximum absolute atomic E-state index is 14.5. The van der Waals surface area contributed by atoms with E-state index < -0.39 is 30.2 Å². The standard InChI is InChI=1S/C34H39N4O2SSi/c1-23-24(2)36-37-29(35-23)28(39)34(42(6)7)30(40)38(32(3,4)5)31(34)41-33(25-17-11-8-12-18-25,26-19-13-9-14-20-26)27-21-15-10-16-22-27/h8-22,28,31,39H,1-7H3. The van der Waals surface area contributed by atoms with Gasteiger partial charge in [-0.05, 0) is 51.3 Å². The largest absolute Gasteiger partial charge is 0.384 e. The molecule has 0 aliphatic carbocycles. The summed E-state index contributed by atoms with van der Waals surface area (Å²) in [7, 11) is -1.48. The zero-order valence-corrected chi connectivity index (χ0v) is 27.2. The van der Waals surface area contributed by atoms with Crippen molar-refractivity contribution in [3.05, 3.63) is 125 Å². The summed E-state index contributed by atoms with van der Waals surface area (Å²) < 4.78 is -0.677. The van der Waals surface area contributed by atoms with Crippen molar-refractivity contribution in [1.82, 2.24) is 20.1 Å². The van der Waals surface area contributed by atoms with Gasteiger partial charge in [-0.15, -0.1) is 16.9 Å². The molecule has 1 N–H and O–H groups in total. The molecule has 1 aliphatic heterocycles. The monoisotopic (exact) mass is 595 g/mol. The van der Waals surface area contributed by atoms with Crippen LogP contribution >= 0.6 is 11.8 Å². The number of hydrogen-bond acceptors (Lipinski definition) is 6. The molecule has 3 atom stereocenters. The minimum absolute atomic E-state index is 0.0520. The summed E-state index contributed by atoms with van der Waals surface area (Å²) in [5.74, 6) is 0.158. The van der Waals surface area contributed by atoms with Gasteiger partial charge < -0.3 is 10.0 Å². The summed E-state index contributed by atoms with van der Waals surface area (Å²) >= 11 is 1.74. The van der Waals surface area contributed by atoms with Crippen LogP contribution < -0.4 is 0 Å². The van der Waals surface area contributed by atoms with E-state index in [9.17, 15) is 9.90 Å². The van der Waals surface area contributed by atoms with Gasteiger partial charge in [0.05, 0.1) is 30.3 Å². The number of carbonyl (C=O) groups excluding carboxylic acids is 1. The van der Waals surface area contributed by atoms with Crippen molar-refractivity contribution in [3.8, 4) is 0 Å². The molecule has 3 unspecified atom stereocenters. The molecular weight excluding hydrogens is 557 g/mol. The predicted octanol–water partition coefficient (Wildman–Crippen LogP) is 6.71. The molecule has 217 valence electrons.